The number of aryl methyl sites for hydroxylation is 1. The summed E-state index contributed by atoms with van der Waals surface area (Å²) in [5.74, 6) is 0.796. The van der Waals surface area contributed by atoms with Gasteiger partial charge in [0.25, 0.3) is 5.91 Å². The number of thiazole rings is 1. The normalized spacial score (nSPS) is 10.2. The smallest absolute Gasteiger partial charge is 0.258 e. The molecule has 0 fully saturated rings. The first-order valence-electron chi connectivity index (χ1n) is 5.70. The Kier molecular flexibility index (Phi) is 4.61. The topological polar surface area (TPSA) is 60.5 Å². The van der Waals surface area contributed by atoms with E-state index in [2.05, 4.69) is 26.2 Å². The lowest BCUT2D eigenvalue weighted by Gasteiger charge is -2.11. The zero-order chi connectivity index (χ0) is 14.7. The van der Waals surface area contributed by atoms with Crippen molar-refractivity contribution >= 4 is 38.3 Å². The Bertz CT molecular complexity index is 643. The van der Waals surface area contributed by atoms with E-state index in [9.17, 15) is 4.79 Å². The Hall–Kier alpha value is -1.60. The van der Waals surface area contributed by atoms with E-state index in [4.69, 9.17) is 9.47 Å². The maximum atomic E-state index is 12.2. The van der Waals surface area contributed by atoms with Crippen LogP contribution < -0.4 is 14.8 Å². The third kappa shape index (κ3) is 3.10. The van der Waals surface area contributed by atoms with Crippen LogP contribution in [0.5, 0.6) is 11.5 Å². The van der Waals surface area contributed by atoms with E-state index in [-0.39, 0.29) is 5.91 Å². The highest BCUT2D eigenvalue weighted by Crippen LogP contribution is 2.33. The van der Waals surface area contributed by atoms with Crippen molar-refractivity contribution in [3.05, 3.63) is 33.2 Å². The zero-order valence-corrected chi connectivity index (χ0v) is 13.6. The molecule has 20 heavy (non-hydrogen) atoms. The number of anilines is 1. The first-order chi connectivity index (χ1) is 9.55. The highest BCUT2D eigenvalue weighted by atomic mass is 79.9. The van der Waals surface area contributed by atoms with Gasteiger partial charge in [0.15, 0.2) is 16.6 Å². The molecule has 2 rings (SSSR count). The lowest BCUT2D eigenvalue weighted by molar-refractivity contribution is 0.102. The van der Waals surface area contributed by atoms with Crippen molar-refractivity contribution in [3.8, 4) is 11.5 Å². The van der Waals surface area contributed by atoms with Gasteiger partial charge in [-0.1, -0.05) is 0 Å². The van der Waals surface area contributed by atoms with Crippen LogP contribution in [-0.2, 0) is 0 Å². The molecule has 0 saturated heterocycles. The molecule has 7 heteroatoms. The van der Waals surface area contributed by atoms with E-state index in [0.29, 0.717) is 26.7 Å². The summed E-state index contributed by atoms with van der Waals surface area (Å²) < 4.78 is 11.0. The number of amides is 1. The molecule has 0 radical (unpaired) electrons. The molecule has 0 atom stereocenters. The third-order valence-corrected chi connectivity index (χ3v) is 4.04. The predicted octanol–water partition coefficient (Wildman–Crippen LogP) is 3.48. The summed E-state index contributed by atoms with van der Waals surface area (Å²) in [6, 6.07) is 3.32. The first kappa shape index (κ1) is 14.8. The quantitative estimate of drug-likeness (QED) is 0.910. The highest BCUT2D eigenvalue weighted by Gasteiger charge is 2.16. The van der Waals surface area contributed by atoms with E-state index >= 15 is 0 Å². The van der Waals surface area contributed by atoms with Gasteiger partial charge in [-0.15, -0.1) is 11.3 Å². The Labute approximate surface area is 129 Å². The van der Waals surface area contributed by atoms with Crippen LogP contribution in [0.15, 0.2) is 22.8 Å². The fourth-order valence-corrected chi connectivity index (χ4v) is 2.77. The number of rotatable bonds is 4. The molecule has 1 heterocycles. The van der Waals surface area contributed by atoms with Crippen molar-refractivity contribution in [2.24, 2.45) is 0 Å². The molecule has 1 aromatic heterocycles. The summed E-state index contributed by atoms with van der Waals surface area (Å²) in [6.07, 6.45) is 1.71. The van der Waals surface area contributed by atoms with E-state index < -0.39 is 0 Å². The van der Waals surface area contributed by atoms with Crippen molar-refractivity contribution in [2.45, 2.75) is 6.92 Å². The van der Waals surface area contributed by atoms with Crippen molar-refractivity contribution in [2.75, 3.05) is 19.5 Å². The van der Waals surface area contributed by atoms with Crippen LogP contribution in [0.4, 0.5) is 5.13 Å². The van der Waals surface area contributed by atoms with Crippen molar-refractivity contribution in [3.63, 3.8) is 0 Å². The number of hydrogen-bond donors (Lipinski definition) is 1. The molecule has 1 aromatic carbocycles. The number of methoxy groups -OCH3 is 2. The number of nitrogens with one attached hydrogen (secondary N) is 1. The highest BCUT2D eigenvalue weighted by molar-refractivity contribution is 9.10. The monoisotopic (exact) mass is 356 g/mol. The molecule has 1 amide bonds. The Morgan fingerprint density at radius 3 is 2.50 bits per heavy atom. The van der Waals surface area contributed by atoms with Crippen molar-refractivity contribution in [1.29, 1.82) is 0 Å². The third-order valence-electron chi connectivity index (χ3n) is 2.56. The SMILES string of the molecule is COc1cc(Br)c(C(=O)Nc2ncc(C)s2)cc1OC. The van der Waals surface area contributed by atoms with Crippen LogP contribution in [0.3, 0.4) is 0 Å². The number of hydrogen-bond acceptors (Lipinski definition) is 5. The predicted molar refractivity (Wildman–Crippen MR) is 82.1 cm³/mol. The average Bonchev–Trinajstić information content (AvgIpc) is 2.83. The molecule has 5 nitrogen and oxygen atoms in total. The number of carbonyl (C=O) groups is 1. The lowest BCUT2D eigenvalue weighted by atomic mass is 10.2. The molecule has 2 aromatic rings. The second kappa shape index (κ2) is 6.23. The van der Waals surface area contributed by atoms with Crippen molar-refractivity contribution in [1.82, 2.24) is 4.98 Å². The van der Waals surface area contributed by atoms with Crippen LogP contribution in [-0.4, -0.2) is 25.1 Å². The number of benzene rings is 1. The summed E-state index contributed by atoms with van der Waals surface area (Å²) in [6.45, 7) is 1.93. The number of halogens is 1. The summed E-state index contributed by atoms with van der Waals surface area (Å²) >= 11 is 4.78. The summed E-state index contributed by atoms with van der Waals surface area (Å²) in [4.78, 5) is 17.4. The number of aromatic nitrogens is 1. The zero-order valence-electron chi connectivity index (χ0n) is 11.2. The molecule has 0 aliphatic rings. The first-order valence-corrected chi connectivity index (χ1v) is 7.31. The van der Waals surface area contributed by atoms with Gasteiger partial charge in [0.05, 0.1) is 19.8 Å². The standard InChI is InChI=1S/C13H13BrN2O3S/c1-7-6-15-13(20-7)16-12(17)8-4-10(18-2)11(19-3)5-9(8)14/h4-6H,1-3H3,(H,15,16,17). The average molecular weight is 357 g/mol. The molecule has 0 saturated carbocycles. The lowest BCUT2D eigenvalue weighted by Crippen LogP contribution is -2.12. The molecular weight excluding hydrogens is 344 g/mol. The maximum Gasteiger partial charge on any atom is 0.258 e. The fourth-order valence-electron chi connectivity index (χ4n) is 1.61. The summed E-state index contributed by atoms with van der Waals surface area (Å²) in [5.41, 5.74) is 0.454. The van der Waals surface area contributed by atoms with Gasteiger partial charge in [-0.25, -0.2) is 4.98 Å². The molecule has 0 unspecified atom stereocenters. The van der Waals surface area contributed by atoms with Crippen LogP contribution in [0, 0.1) is 6.92 Å². The molecule has 106 valence electrons. The van der Waals surface area contributed by atoms with Crippen LogP contribution in [0.25, 0.3) is 0 Å². The van der Waals surface area contributed by atoms with E-state index in [1.807, 2.05) is 6.92 Å². The van der Waals surface area contributed by atoms with E-state index in [1.54, 1.807) is 25.4 Å². The van der Waals surface area contributed by atoms with Gasteiger partial charge in [-0.2, -0.15) is 0 Å². The van der Waals surface area contributed by atoms with Gasteiger partial charge in [-0.05, 0) is 35.0 Å². The molecule has 0 spiro atoms. The second-order valence-corrected chi connectivity index (χ2v) is 6.01. The number of ether oxygens (including phenoxy) is 2. The minimum absolute atomic E-state index is 0.257. The van der Waals surface area contributed by atoms with E-state index in [1.165, 1.54) is 18.4 Å². The van der Waals surface area contributed by atoms with Crippen LogP contribution in [0.2, 0.25) is 0 Å². The van der Waals surface area contributed by atoms with Crippen molar-refractivity contribution < 1.29 is 14.3 Å². The van der Waals surface area contributed by atoms with Gasteiger partial charge in [0.2, 0.25) is 0 Å². The maximum absolute atomic E-state index is 12.2. The largest absolute Gasteiger partial charge is 0.493 e. The van der Waals surface area contributed by atoms with Gasteiger partial charge < -0.3 is 9.47 Å². The summed E-state index contributed by atoms with van der Waals surface area (Å²) in [7, 11) is 3.07. The van der Waals surface area contributed by atoms with Gasteiger partial charge in [0, 0.05) is 15.5 Å². The molecule has 0 bridgehead atoms. The minimum Gasteiger partial charge on any atom is -0.493 e. The number of carbonyl (C=O) groups excluding carboxylic acids is 1. The van der Waals surface area contributed by atoms with Gasteiger partial charge >= 0.3 is 0 Å². The second-order valence-electron chi connectivity index (χ2n) is 3.92. The Morgan fingerprint density at radius 2 is 1.95 bits per heavy atom. The minimum atomic E-state index is -0.257. The molecular formula is C13H13BrN2O3S. The van der Waals surface area contributed by atoms with Gasteiger partial charge in [-0.3, -0.25) is 10.1 Å². The van der Waals surface area contributed by atoms with Crippen LogP contribution >= 0.6 is 27.3 Å². The van der Waals surface area contributed by atoms with Crippen LogP contribution in [0.1, 0.15) is 15.2 Å². The van der Waals surface area contributed by atoms with E-state index in [0.717, 1.165) is 4.88 Å². The molecule has 0 aliphatic heterocycles. The Balaban J connectivity index is 2.29. The molecule has 1 N–H and O–H groups in total. The fraction of sp³-hybridized carbons (Fsp3) is 0.231. The Morgan fingerprint density at radius 1 is 1.30 bits per heavy atom. The number of nitrogens with zero attached hydrogens (tertiary/aromatic N) is 1. The molecule has 0 aliphatic carbocycles. The summed E-state index contributed by atoms with van der Waals surface area (Å²) in [5, 5.41) is 3.31. The van der Waals surface area contributed by atoms with Gasteiger partial charge in [0.1, 0.15) is 0 Å².